The SMILES string of the molecule is CCCCS(=O)(=O)N(CCCN)C1CCC1. The molecule has 1 rings (SSSR count). The van der Waals surface area contributed by atoms with Crippen molar-refractivity contribution < 1.29 is 8.42 Å². The summed E-state index contributed by atoms with van der Waals surface area (Å²) in [4.78, 5) is 0. The molecule has 0 radical (unpaired) electrons. The van der Waals surface area contributed by atoms with Crippen molar-refractivity contribution in [2.75, 3.05) is 18.8 Å². The van der Waals surface area contributed by atoms with Crippen LogP contribution in [0.1, 0.15) is 45.4 Å². The number of nitrogens with zero attached hydrogens (tertiary/aromatic N) is 1. The van der Waals surface area contributed by atoms with Gasteiger partial charge in [0.1, 0.15) is 0 Å². The summed E-state index contributed by atoms with van der Waals surface area (Å²) in [7, 11) is -3.04. The Morgan fingerprint density at radius 3 is 2.44 bits per heavy atom. The molecule has 1 fully saturated rings. The summed E-state index contributed by atoms with van der Waals surface area (Å²) in [6.45, 7) is 3.18. The fraction of sp³-hybridized carbons (Fsp3) is 1.00. The minimum Gasteiger partial charge on any atom is -0.330 e. The van der Waals surface area contributed by atoms with E-state index in [2.05, 4.69) is 0 Å². The molecule has 96 valence electrons. The van der Waals surface area contributed by atoms with Crippen LogP contribution in [0.2, 0.25) is 0 Å². The molecule has 1 aliphatic rings. The Morgan fingerprint density at radius 2 is 2.00 bits per heavy atom. The Balaban J connectivity index is 2.58. The number of nitrogens with two attached hydrogens (primary N) is 1. The summed E-state index contributed by atoms with van der Waals surface area (Å²) in [5, 5.41) is 0. The maximum atomic E-state index is 12.1. The van der Waals surface area contributed by atoms with E-state index in [4.69, 9.17) is 5.73 Å². The first-order chi connectivity index (χ1) is 7.61. The highest BCUT2D eigenvalue weighted by Gasteiger charge is 2.32. The van der Waals surface area contributed by atoms with Crippen molar-refractivity contribution in [3.8, 4) is 0 Å². The molecule has 16 heavy (non-hydrogen) atoms. The van der Waals surface area contributed by atoms with Gasteiger partial charge in [-0.25, -0.2) is 8.42 Å². The normalized spacial score (nSPS) is 17.7. The maximum absolute atomic E-state index is 12.1. The van der Waals surface area contributed by atoms with Crippen molar-refractivity contribution in [3.63, 3.8) is 0 Å². The van der Waals surface area contributed by atoms with Gasteiger partial charge in [-0.2, -0.15) is 4.31 Å². The monoisotopic (exact) mass is 248 g/mol. The minimum atomic E-state index is -3.04. The molecule has 0 aliphatic heterocycles. The van der Waals surface area contributed by atoms with E-state index in [1.54, 1.807) is 4.31 Å². The molecule has 1 aliphatic carbocycles. The molecule has 0 amide bonds. The molecular formula is C11H24N2O2S. The summed E-state index contributed by atoms with van der Waals surface area (Å²) in [6, 6.07) is 0.258. The Labute approximate surface area is 99.2 Å². The topological polar surface area (TPSA) is 63.4 Å². The van der Waals surface area contributed by atoms with Crippen LogP contribution in [0, 0.1) is 0 Å². The average molecular weight is 248 g/mol. The number of sulfonamides is 1. The molecule has 2 N–H and O–H groups in total. The molecule has 0 aromatic rings. The van der Waals surface area contributed by atoms with Gasteiger partial charge in [-0.05, 0) is 32.2 Å². The Kier molecular flexibility index (Phi) is 5.72. The summed E-state index contributed by atoms with van der Waals surface area (Å²) in [6.07, 6.45) is 5.66. The van der Waals surface area contributed by atoms with Gasteiger partial charge >= 0.3 is 0 Å². The van der Waals surface area contributed by atoms with E-state index >= 15 is 0 Å². The average Bonchev–Trinajstić information content (AvgIpc) is 2.18. The quantitative estimate of drug-likeness (QED) is 0.704. The van der Waals surface area contributed by atoms with E-state index < -0.39 is 10.0 Å². The molecule has 1 saturated carbocycles. The zero-order chi connectivity index (χ0) is 12.0. The van der Waals surface area contributed by atoms with E-state index in [1.165, 1.54) is 0 Å². The second-order valence-electron chi connectivity index (χ2n) is 4.51. The van der Waals surface area contributed by atoms with Gasteiger partial charge in [0.05, 0.1) is 5.75 Å². The second-order valence-corrected chi connectivity index (χ2v) is 6.55. The summed E-state index contributed by atoms with van der Waals surface area (Å²) in [5.74, 6) is 0.296. The van der Waals surface area contributed by atoms with Crippen LogP contribution in [0.3, 0.4) is 0 Å². The third-order valence-electron chi connectivity index (χ3n) is 3.18. The van der Waals surface area contributed by atoms with Gasteiger partial charge in [-0.3, -0.25) is 0 Å². The van der Waals surface area contributed by atoms with Crippen LogP contribution in [0.5, 0.6) is 0 Å². The molecule has 0 aromatic carbocycles. The molecule has 0 aromatic heterocycles. The van der Waals surface area contributed by atoms with Crippen LogP contribution in [-0.4, -0.2) is 37.6 Å². The molecule has 0 atom stereocenters. The predicted molar refractivity (Wildman–Crippen MR) is 66.7 cm³/mol. The van der Waals surface area contributed by atoms with Gasteiger partial charge in [0.25, 0.3) is 0 Å². The molecule has 0 bridgehead atoms. The lowest BCUT2D eigenvalue weighted by molar-refractivity contribution is 0.218. The molecule has 0 spiro atoms. The second kappa shape index (κ2) is 6.57. The Hall–Kier alpha value is -0.130. The molecule has 5 heteroatoms. The van der Waals surface area contributed by atoms with Crippen molar-refractivity contribution in [1.29, 1.82) is 0 Å². The van der Waals surface area contributed by atoms with Crippen LogP contribution in [0.15, 0.2) is 0 Å². The predicted octanol–water partition coefficient (Wildman–Crippen LogP) is 1.32. The molecule has 0 heterocycles. The highest BCUT2D eigenvalue weighted by atomic mass is 32.2. The van der Waals surface area contributed by atoms with Crippen LogP contribution in [-0.2, 0) is 10.0 Å². The van der Waals surface area contributed by atoms with E-state index in [0.717, 1.165) is 38.5 Å². The fourth-order valence-electron chi connectivity index (χ4n) is 1.91. The zero-order valence-electron chi connectivity index (χ0n) is 10.2. The lowest BCUT2D eigenvalue weighted by Crippen LogP contribution is -2.46. The lowest BCUT2D eigenvalue weighted by Gasteiger charge is -2.36. The Morgan fingerprint density at radius 1 is 1.31 bits per heavy atom. The lowest BCUT2D eigenvalue weighted by atomic mass is 9.93. The molecule has 0 saturated heterocycles. The van der Waals surface area contributed by atoms with Crippen molar-refractivity contribution in [2.45, 2.75) is 51.5 Å². The third kappa shape index (κ3) is 3.71. The number of hydrogen-bond acceptors (Lipinski definition) is 3. The van der Waals surface area contributed by atoms with E-state index in [9.17, 15) is 8.42 Å². The zero-order valence-corrected chi connectivity index (χ0v) is 11.0. The van der Waals surface area contributed by atoms with Crippen molar-refractivity contribution in [3.05, 3.63) is 0 Å². The number of rotatable bonds is 8. The first-order valence-electron chi connectivity index (χ1n) is 6.31. The fourth-order valence-corrected chi connectivity index (χ4v) is 3.87. The van der Waals surface area contributed by atoms with Crippen molar-refractivity contribution in [2.24, 2.45) is 5.73 Å². The van der Waals surface area contributed by atoms with Gasteiger partial charge in [0.15, 0.2) is 0 Å². The van der Waals surface area contributed by atoms with E-state index in [0.29, 0.717) is 18.8 Å². The van der Waals surface area contributed by atoms with E-state index in [1.807, 2.05) is 6.92 Å². The van der Waals surface area contributed by atoms with Crippen LogP contribution >= 0.6 is 0 Å². The first kappa shape index (κ1) is 13.9. The van der Waals surface area contributed by atoms with Crippen LogP contribution < -0.4 is 5.73 Å². The van der Waals surface area contributed by atoms with Gasteiger partial charge in [-0.1, -0.05) is 19.8 Å². The summed E-state index contributed by atoms with van der Waals surface area (Å²) >= 11 is 0. The van der Waals surface area contributed by atoms with Gasteiger partial charge < -0.3 is 5.73 Å². The van der Waals surface area contributed by atoms with Gasteiger partial charge in [0, 0.05) is 12.6 Å². The molecular weight excluding hydrogens is 224 g/mol. The number of hydrogen-bond donors (Lipinski definition) is 1. The highest BCUT2D eigenvalue weighted by molar-refractivity contribution is 7.89. The first-order valence-corrected chi connectivity index (χ1v) is 7.92. The number of unbranched alkanes of at least 4 members (excludes halogenated alkanes) is 1. The molecule has 0 unspecified atom stereocenters. The van der Waals surface area contributed by atoms with Gasteiger partial charge in [0.2, 0.25) is 10.0 Å². The minimum absolute atomic E-state index is 0.258. The standard InChI is InChI=1S/C11H24N2O2S/c1-2-3-10-16(14,15)13(9-5-8-12)11-6-4-7-11/h11H,2-10,12H2,1H3. The smallest absolute Gasteiger partial charge is 0.214 e. The van der Waals surface area contributed by atoms with E-state index in [-0.39, 0.29) is 6.04 Å². The maximum Gasteiger partial charge on any atom is 0.214 e. The third-order valence-corrected chi connectivity index (χ3v) is 5.18. The highest BCUT2D eigenvalue weighted by Crippen LogP contribution is 2.27. The van der Waals surface area contributed by atoms with Crippen LogP contribution in [0.4, 0.5) is 0 Å². The van der Waals surface area contributed by atoms with Crippen molar-refractivity contribution >= 4 is 10.0 Å². The summed E-state index contributed by atoms with van der Waals surface area (Å²) < 4.78 is 25.9. The van der Waals surface area contributed by atoms with Crippen LogP contribution in [0.25, 0.3) is 0 Å². The Bertz CT molecular complexity index is 286. The van der Waals surface area contributed by atoms with Crippen molar-refractivity contribution in [1.82, 2.24) is 4.31 Å². The summed E-state index contributed by atoms with van der Waals surface area (Å²) in [5.41, 5.74) is 5.46. The largest absolute Gasteiger partial charge is 0.330 e. The van der Waals surface area contributed by atoms with Gasteiger partial charge in [-0.15, -0.1) is 0 Å². The molecule has 4 nitrogen and oxygen atoms in total.